The van der Waals surface area contributed by atoms with Gasteiger partial charge in [0.1, 0.15) is 0 Å². The number of nitrogens with zero attached hydrogens (tertiary/aromatic N) is 1. The highest BCUT2D eigenvalue weighted by Crippen LogP contribution is 2.25. The van der Waals surface area contributed by atoms with Crippen LogP contribution in [0, 0.1) is 0 Å². The third-order valence-corrected chi connectivity index (χ3v) is 5.16. The molecular weight excluding hydrogens is 314 g/mol. The van der Waals surface area contributed by atoms with Gasteiger partial charge < -0.3 is 11.1 Å². The van der Waals surface area contributed by atoms with Gasteiger partial charge in [-0.3, -0.25) is 14.5 Å². The van der Waals surface area contributed by atoms with Gasteiger partial charge in [0.15, 0.2) is 0 Å². The summed E-state index contributed by atoms with van der Waals surface area (Å²) in [4.78, 5) is 26.3. The van der Waals surface area contributed by atoms with Gasteiger partial charge in [0.25, 0.3) is 5.91 Å². The fraction of sp³-hybridized carbons (Fsp3) is 0.500. The Morgan fingerprint density at radius 2 is 2.00 bits per heavy atom. The molecule has 0 radical (unpaired) electrons. The van der Waals surface area contributed by atoms with E-state index in [9.17, 15) is 9.59 Å². The first kappa shape index (κ1) is 17.7. The van der Waals surface area contributed by atoms with Gasteiger partial charge in [-0.1, -0.05) is 30.7 Å². The Labute approximate surface area is 149 Å². The maximum absolute atomic E-state index is 12.6. The van der Waals surface area contributed by atoms with Crippen LogP contribution in [0.15, 0.2) is 35.9 Å². The Bertz CT molecular complexity index is 669. The van der Waals surface area contributed by atoms with Gasteiger partial charge in [-0.05, 0) is 56.7 Å². The Kier molecular flexibility index (Phi) is 5.87. The molecule has 3 rings (SSSR count). The van der Waals surface area contributed by atoms with Crippen molar-refractivity contribution in [2.75, 3.05) is 11.9 Å². The molecule has 0 aromatic heterocycles. The van der Waals surface area contributed by atoms with Crippen LogP contribution in [0.3, 0.4) is 0 Å². The number of benzene rings is 1. The maximum Gasteiger partial charge on any atom is 0.251 e. The number of primary amides is 1. The van der Waals surface area contributed by atoms with Gasteiger partial charge in [0, 0.05) is 17.8 Å². The zero-order chi connectivity index (χ0) is 17.6. The lowest BCUT2D eigenvalue weighted by Crippen LogP contribution is -2.39. The number of likely N-dealkylation sites (tertiary alicyclic amines) is 1. The SMILES string of the molecule is NC(=O)[C@@H]1CCCN1Cc1ccccc1NC(=O)C1=CCCCCC1. The predicted molar refractivity (Wildman–Crippen MR) is 98.9 cm³/mol. The number of allylic oxidation sites excluding steroid dienone is 1. The van der Waals surface area contributed by atoms with Crippen molar-refractivity contribution in [3.63, 3.8) is 0 Å². The first-order valence-electron chi connectivity index (χ1n) is 9.27. The summed E-state index contributed by atoms with van der Waals surface area (Å²) in [5.74, 6) is -0.259. The van der Waals surface area contributed by atoms with Crippen LogP contribution >= 0.6 is 0 Å². The van der Waals surface area contributed by atoms with Crippen LogP contribution in [0.1, 0.15) is 50.5 Å². The van der Waals surface area contributed by atoms with Crippen LogP contribution in [0.2, 0.25) is 0 Å². The van der Waals surface area contributed by atoms with E-state index in [0.717, 1.165) is 61.9 Å². The molecule has 1 aliphatic carbocycles. The molecule has 25 heavy (non-hydrogen) atoms. The minimum atomic E-state index is -0.261. The molecule has 1 atom stereocenters. The number of para-hydroxylation sites is 1. The van der Waals surface area contributed by atoms with Crippen LogP contribution < -0.4 is 11.1 Å². The van der Waals surface area contributed by atoms with E-state index in [-0.39, 0.29) is 17.9 Å². The van der Waals surface area contributed by atoms with Crippen molar-refractivity contribution in [2.45, 2.75) is 57.5 Å². The Hall–Kier alpha value is -2.14. The fourth-order valence-corrected chi connectivity index (χ4v) is 3.76. The van der Waals surface area contributed by atoms with Gasteiger partial charge in [0.05, 0.1) is 6.04 Å². The summed E-state index contributed by atoms with van der Waals surface area (Å²) in [5.41, 5.74) is 8.26. The summed E-state index contributed by atoms with van der Waals surface area (Å²) >= 11 is 0. The lowest BCUT2D eigenvalue weighted by Gasteiger charge is -2.23. The topological polar surface area (TPSA) is 75.4 Å². The summed E-state index contributed by atoms with van der Waals surface area (Å²) < 4.78 is 0. The summed E-state index contributed by atoms with van der Waals surface area (Å²) in [6, 6.07) is 7.63. The molecule has 2 aliphatic rings. The molecule has 5 heteroatoms. The highest BCUT2D eigenvalue weighted by Gasteiger charge is 2.29. The quantitative estimate of drug-likeness (QED) is 0.864. The summed E-state index contributed by atoms with van der Waals surface area (Å²) in [5, 5.41) is 3.08. The lowest BCUT2D eigenvalue weighted by molar-refractivity contribution is -0.122. The maximum atomic E-state index is 12.6. The number of hydrogen-bond donors (Lipinski definition) is 2. The second-order valence-electron chi connectivity index (χ2n) is 6.97. The number of carbonyl (C=O) groups is 2. The second kappa shape index (κ2) is 8.30. The smallest absolute Gasteiger partial charge is 0.251 e. The second-order valence-corrected chi connectivity index (χ2v) is 6.97. The number of nitrogens with two attached hydrogens (primary N) is 1. The van der Waals surface area contributed by atoms with Crippen molar-refractivity contribution in [3.8, 4) is 0 Å². The Morgan fingerprint density at radius 1 is 1.16 bits per heavy atom. The van der Waals surface area contributed by atoms with E-state index in [2.05, 4.69) is 16.3 Å². The summed E-state index contributed by atoms with van der Waals surface area (Å²) in [6.07, 6.45) is 9.14. The molecule has 1 aromatic rings. The first-order chi connectivity index (χ1) is 12.1. The number of hydrogen-bond acceptors (Lipinski definition) is 3. The molecule has 2 amide bonds. The number of carbonyl (C=O) groups excluding carboxylic acids is 2. The molecule has 0 saturated carbocycles. The molecule has 3 N–H and O–H groups in total. The van der Waals surface area contributed by atoms with E-state index < -0.39 is 0 Å². The van der Waals surface area contributed by atoms with Crippen molar-refractivity contribution >= 4 is 17.5 Å². The monoisotopic (exact) mass is 341 g/mol. The normalized spacial score (nSPS) is 21.4. The van der Waals surface area contributed by atoms with E-state index in [0.29, 0.717) is 6.54 Å². The largest absolute Gasteiger partial charge is 0.368 e. The highest BCUT2D eigenvalue weighted by molar-refractivity contribution is 6.04. The minimum Gasteiger partial charge on any atom is -0.368 e. The van der Waals surface area contributed by atoms with Crippen LogP contribution in [-0.4, -0.2) is 29.3 Å². The number of nitrogens with one attached hydrogen (secondary N) is 1. The van der Waals surface area contributed by atoms with Crippen molar-refractivity contribution in [2.24, 2.45) is 5.73 Å². The molecule has 5 nitrogen and oxygen atoms in total. The van der Waals surface area contributed by atoms with E-state index in [1.54, 1.807) is 0 Å². The van der Waals surface area contributed by atoms with Crippen LogP contribution in [-0.2, 0) is 16.1 Å². The van der Waals surface area contributed by atoms with Crippen molar-refractivity contribution < 1.29 is 9.59 Å². The molecular formula is C20H27N3O2. The fourth-order valence-electron chi connectivity index (χ4n) is 3.76. The van der Waals surface area contributed by atoms with Crippen molar-refractivity contribution in [3.05, 3.63) is 41.5 Å². The minimum absolute atomic E-state index is 0.00206. The van der Waals surface area contributed by atoms with Crippen molar-refractivity contribution in [1.29, 1.82) is 0 Å². The van der Waals surface area contributed by atoms with Gasteiger partial charge in [0.2, 0.25) is 5.91 Å². The van der Waals surface area contributed by atoms with Crippen LogP contribution in [0.4, 0.5) is 5.69 Å². The first-order valence-corrected chi connectivity index (χ1v) is 9.27. The van der Waals surface area contributed by atoms with E-state index >= 15 is 0 Å². The molecule has 0 spiro atoms. The lowest BCUT2D eigenvalue weighted by atomic mass is 10.1. The van der Waals surface area contributed by atoms with E-state index in [1.165, 1.54) is 6.42 Å². The molecule has 1 fully saturated rings. The van der Waals surface area contributed by atoms with Crippen molar-refractivity contribution in [1.82, 2.24) is 4.90 Å². The Morgan fingerprint density at radius 3 is 2.84 bits per heavy atom. The summed E-state index contributed by atoms with van der Waals surface area (Å²) in [7, 11) is 0. The number of amides is 2. The van der Waals surface area contributed by atoms with Gasteiger partial charge in [-0.2, -0.15) is 0 Å². The standard InChI is InChI=1S/C20H27N3O2/c21-19(24)18-12-7-13-23(18)14-16-10-5-6-11-17(16)22-20(25)15-8-3-1-2-4-9-15/h5-6,8,10-11,18H,1-4,7,9,12-14H2,(H2,21,24)(H,22,25)/t18-/m0/s1. The average molecular weight is 341 g/mol. The third-order valence-electron chi connectivity index (χ3n) is 5.16. The zero-order valence-electron chi connectivity index (χ0n) is 14.7. The van der Waals surface area contributed by atoms with Gasteiger partial charge in [-0.15, -0.1) is 0 Å². The van der Waals surface area contributed by atoms with Crippen LogP contribution in [0.25, 0.3) is 0 Å². The molecule has 0 bridgehead atoms. The summed E-state index contributed by atoms with van der Waals surface area (Å²) in [6.45, 7) is 1.49. The Balaban J connectivity index is 1.71. The number of rotatable bonds is 5. The third kappa shape index (κ3) is 4.48. The predicted octanol–water partition coefficient (Wildman–Crippen LogP) is 2.97. The molecule has 134 valence electrons. The molecule has 1 aromatic carbocycles. The molecule has 1 aliphatic heterocycles. The van der Waals surface area contributed by atoms with E-state index in [1.807, 2.05) is 24.3 Å². The highest BCUT2D eigenvalue weighted by atomic mass is 16.2. The zero-order valence-corrected chi connectivity index (χ0v) is 14.7. The van der Waals surface area contributed by atoms with E-state index in [4.69, 9.17) is 5.73 Å². The number of anilines is 1. The average Bonchev–Trinajstić information content (AvgIpc) is 2.89. The molecule has 1 heterocycles. The molecule has 1 saturated heterocycles. The van der Waals surface area contributed by atoms with Gasteiger partial charge >= 0.3 is 0 Å². The molecule has 0 unspecified atom stereocenters. The van der Waals surface area contributed by atoms with Gasteiger partial charge in [-0.25, -0.2) is 0 Å². The van der Waals surface area contributed by atoms with Crippen LogP contribution in [0.5, 0.6) is 0 Å².